The zero-order valence-corrected chi connectivity index (χ0v) is 11.2. The smallest absolute Gasteiger partial charge is 0.241 e. The highest BCUT2D eigenvalue weighted by molar-refractivity contribution is 5.94. The van der Waals surface area contributed by atoms with E-state index in [-0.39, 0.29) is 11.9 Å². The summed E-state index contributed by atoms with van der Waals surface area (Å²) >= 11 is 0. The Morgan fingerprint density at radius 1 is 1.35 bits per heavy atom. The molecule has 0 fully saturated rings. The minimum Gasteiger partial charge on any atom is -0.325 e. The van der Waals surface area contributed by atoms with Gasteiger partial charge in [0.25, 0.3) is 0 Å². The first-order valence-corrected chi connectivity index (χ1v) is 6.20. The second-order valence-corrected chi connectivity index (χ2v) is 4.26. The third kappa shape index (κ3) is 3.86. The predicted molar refractivity (Wildman–Crippen MR) is 72.2 cm³/mol. The van der Waals surface area contributed by atoms with Crippen LogP contribution in [-0.4, -0.2) is 29.9 Å². The first-order chi connectivity index (χ1) is 8.08. The lowest BCUT2D eigenvalue weighted by molar-refractivity contribution is -0.120. The summed E-state index contributed by atoms with van der Waals surface area (Å²) in [6.07, 6.45) is 0. The van der Waals surface area contributed by atoms with Crippen molar-refractivity contribution in [1.29, 1.82) is 0 Å². The highest BCUT2D eigenvalue weighted by Gasteiger charge is 2.18. The molecule has 0 saturated carbocycles. The Bertz CT molecular complexity index is 372. The summed E-state index contributed by atoms with van der Waals surface area (Å²) in [5, 5.41) is 2.95. The van der Waals surface area contributed by atoms with Gasteiger partial charge in [0.1, 0.15) is 0 Å². The molecule has 0 aliphatic heterocycles. The Kier molecular flexibility index (Phi) is 5.16. The van der Waals surface area contributed by atoms with Gasteiger partial charge in [-0.15, -0.1) is 0 Å². The van der Waals surface area contributed by atoms with E-state index in [0.29, 0.717) is 0 Å². The quantitative estimate of drug-likeness (QED) is 0.849. The molecule has 0 heterocycles. The summed E-state index contributed by atoms with van der Waals surface area (Å²) in [7, 11) is 0. The molecule has 0 saturated heterocycles. The molecule has 0 aliphatic carbocycles. The Hall–Kier alpha value is -1.35. The maximum atomic E-state index is 12.0. The molecule has 1 unspecified atom stereocenters. The first kappa shape index (κ1) is 13.7. The molecule has 0 aliphatic rings. The fourth-order valence-corrected chi connectivity index (χ4v) is 1.91. The van der Waals surface area contributed by atoms with Crippen LogP contribution in [0.5, 0.6) is 0 Å². The normalized spacial score (nSPS) is 12.5. The largest absolute Gasteiger partial charge is 0.325 e. The van der Waals surface area contributed by atoms with Crippen molar-refractivity contribution in [1.82, 2.24) is 4.90 Å². The number of nitrogens with zero attached hydrogens (tertiary/aromatic N) is 1. The number of likely N-dealkylation sites (N-methyl/N-ethyl adjacent to an activating group) is 1. The number of carbonyl (C=O) groups excluding carboxylic acids is 1. The molecule has 0 spiro atoms. The molecule has 94 valence electrons. The fraction of sp³-hybridized carbons (Fsp3) is 0.500. The topological polar surface area (TPSA) is 32.3 Å². The van der Waals surface area contributed by atoms with E-state index in [9.17, 15) is 4.79 Å². The van der Waals surface area contributed by atoms with Gasteiger partial charge in [-0.2, -0.15) is 0 Å². The van der Waals surface area contributed by atoms with E-state index in [1.165, 1.54) is 0 Å². The number of hydrogen-bond donors (Lipinski definition) is 1. The lowest BCUT2D eigenvalue weighted by Gasteiger charge is -2.25. The number of carbonyl (C=O) groups is 1. The highest BCUT2D eigenvalue weighted by atomic mass is 16.2. The molecule has 3 nitrogen and oxygen atoms in total. The summed E-state index contributed by atoms with van der Waals surface area (Å²) < 4.78 is 0. The van der Waals surface area contributed by atoms with Crippen molar-refractivity contribution in [3.63, 3.8) is 0 Å². The summed E-state index contributed by atoms with van der Waals surface area (Å²) in [6.45, 7) is 9.87. The van der Waals surface area contributed by atoms with Crippen molar-refractivity contribution >= 4 is 11.6 Å². The maximum absolute atomic E-state index is 12.0. The summed E-state index contributed by atoms with van der Waals surface area (Å²) in [4.78, 5) is 14.2. The van der Waals surface area contributed by atoms with Crippen LogP contribution in [0.25, 0.3) is 0 Å². The van der Waals surface area contributed by atoms with E-state index >= 15 is 0 Å². The molecular formula is C14H22N2O. The van der Waals surface area contributed by atoms with Crippen LogP contribution < -0.4 is 5.32 Å². The maximum Gasteiger partial charge on any atom is 0.241 e. The van der Waals surface area contributed by atoms with Crippen molar-refractivity contribution in [3.8, 4) is 0 Å². The second kappa shape index (κ2) is 6.40. The van der Waals surface area contributed by atoms with Crippen molar-refractivity contribution in [3.05, 3.63) is 29.8 Å². The number of hydrogen-bond acceptors (Lipinski definition) is 2. The van der Waals surface area contributed by atoms with E-state index in [1.807, 2.05) is 38.1 Å². The van der Waals surface area contributed by atoms with Crippen LogP contribution in [0, 0.1) is 6.92 Å². The van der Waals surface area contributed by atoms with E-state index in [4.69, 9.17) is 0 Å². The first-order valence-electron chi connectivity index (χ1n) is 6.20. The predicted octanol–water partition coefficient (Wildman–Crippen LogP) is 2.66. The molecular weight excluding hydrogens is 212 g/mol. The zero-order valence-electron chi connectivity index (χ0n) is 11.2. The third-order valence-electron chi connectivity index (χ3n) is 3.03. The number of rotatable bonds is 5. The van der Waals surface area contributed by atoms with E-state index in [0.717, 1.165) is 24.3 Å². The Morgan fingerprint density at radius 3 is 2.53 bits per heavy atom. The number of benzene rings is 1. The lowest BCUT2D eigenvalue weighted by Crippen LogP contribution is -2.41. The Labute approximate surface area is 104 Å². The van der Waals surface area contributed by atoms with Crippen LogP contribution in [0.2, 0.25) is 0 Å². The van der Waals surface area contributed by atoms with Crippen LogP contribution in [0.1, 0.15) is 26.3 Å². The fourth-order valence-electron chi connectivity index (χ4n) is 1.91. The molecule has 1 N–H and O–H groups in total. The van der Waals surface area contributed by atoms with Gasteiger partial charge in [-0.05, 0) is 44.6 Å². The molecule has 0 bridgehead atoms. The van der Waals surface area contributed by atoms with Gasteiger partial charge in [-0.25, -0.2) is 0 Å². The zero-order chi connectivity index (χ0) is 12.8. The number of nitrogens with one attached hydrogen (secondary N) is 1. The van der Waals surface area contributed by atoms with Gasteiger partial charge in [-0.3, -0.25) is 9.69 Å². The van der Waals surface area contributed by atoms with Crippen LogP contribution in [-0.2, 0) is 4.79 Å². The van der Waals surface area contributed by atoms with E-state index in [2.05, 4.69) is 24.1 Å². The summed E-state index contributed by atoms with van der Waals surface area (Å²) in [5.41, 5.74) is 2.02. The van der Waals surface area contributed by atoms with Gasteiger partial charge in [0.05, 0.1) is 6.04 Å². The molecule has 1 aromatic carbocycles. The van der Waals surface area contributed by atoms with Crippen molar-refractivity contribution in [2.24, 2.45) is 0 Å². The molecule has 0 aromatic heterocycles. The van der Waals surface area contributed by atoms with Gasteiger partial charge in [0.15, 0.2) is 0 Å². The van der Waals surface area contributed by atoms with Crippen LogP contribution >= 0.6 is 0 Å². The summed E-state index contributed by atoms with van der Waals surface area (Å²) in [6, 6.07) is 7.77. The molecule has 3 heteroatoms. The molecule has 1 atom stereocenters. The van der Waals surface area contributed by atoms with Crippen molar-refractivity contribution in [2.75, 3.05) is 18.4 Å². The highest BCUT2D eigenvalue weighted by Crippen LogP contribution is 2.11. The van der Waals surface area contributed by atoms with Crippen LogP contribution in [0.4, 0.5) is 5.69 Å². The van der Waals surface area contributed by atoms with E-state index in [1.54, 1.807) is 0 Å². The standard InChI is InChI=1S/C14H22N2O/c1-5-16(6-2)12(4)14(17)15-13-9-7-8-11(3)10-13/h7-10,12H,5-6H2,1-4H3,(H,15,17). The second-order valence-electron chi connectivity index (χ2n) is 4.26. The SMILES string of the molecule is CCN(CC)C(C)C(=O)Nc1cccc(C)c1. The van der Waals surface area contributed by atoms with Crippen molar-refractivity contribution < 1.29 is 4.79 Å². The molecule has 1 amide bonds. The molecule has 0 radical (unpaired) electrons. The molecule has 17 heavy (non-hydrogen) atoms. The number of amides is 1. The number of anilines is 1. The number of aryl methyl sites for hydroxylation is 1. The summed E-state index contributed by atoms with van der Waals surface area (Å²) in [5.74, 6) is 0.0549. The van der Waals surface area contributed by atoms with Crippen molar-refractivity contribution in [2.45, 2.75) is 33.7 Å². The van der Waals surface area contributed by atoms with Gasteiger partial charge in [0, 0.05) is 5.69 Å². The average molecular weight is 234 g/mol. The van der Waals surface area contributed by atoms with Crippen LogP contribution in [0.15, 0.2) is 24.3 Å². The van der Waals surface area contributed by atoms with Gasteiger partial charge in [0.2, 0.25) is 5.91 Å². The van der Waals surface area contributed by atoms with E-state index < -0.39 is 0 Å². The molecule has 1 rings (SSSR count). The van der Waals surface area contributed by atoms with Gasteiger partial charge < -0.3 is 5.32 Å². The lowest BCUT2D eigenvalue weighted by atomic mass is 10.2. The molecule has 1 aromatic rings. The monoisotopic (exact) mass is 234 g/mol. The third-order valence-corrected chi connectivity index (χ3v) is 3.03. The Morgan fingerprint density at radius 2 is 2.00 bits per heavy atom. The van der Waals surface area contributed by atoms with Crippen LogP contribution in [0.3, 0.4) is 0 Å². The van der Waals surface area contributed by atoms with Gasteiger partial charge >= 0.3 is 0 Å². The Balaban J connectivity index is 2.65. The minimum absolute atomic E-state index is 0.0549. The average Bonchev–Trinajstić information content (AvgIpc) is 2.30. The van der Waals surface area contributed by atoms with Gasteiger partial charge in [-0.1, -0.05) is 26.0 Å². The minimum atomic E-state index is -0.0921.